The Balaban J connectivity index is 4.45. The van der Waals surface area contributed by atoms with Crippen LogP contribution >= 0.6 is 0 Å². The summed E-state index contributed by atoms with van der Waals surface area (Å²) in [5, 5.41) is -23.0. The van der Waals surface area contributed by atoms with E-state index in [0.29, 0.717) is 19.3 Å². The first-order chi connectivity index (χ1) is 23.2. The van der Waals surface area contributed by atoms with Gasteiger partial charge in [-0.05, 0) is 6.42 Å². The molecule has 0 spiro atoms. The molecule has 4 unspecified atom stereocenters. The minimum atomic E-state index is -8.40. The monoisotopic (exact) mass is 846 g/mol. The van der Waals surface area contributed by atoms with E-state index in [4.69, 9.17) is 0 Å². The van der Waals surface area contributed by atoms with E-state index in [-0.39, 0.29) is 36.9 Å². The first kappa shape index (κ1) is 48.1. The van der Waals surface area contributed by atoms with E-state index in [0.717, 1.165) is 32.1 Å². The standard InChI is InChI=1S/C26H38F12N2O9S3/c1-3-4-5-6-7-8-9-10-11-12-13-14-15-20(22(28,25(33,34)35)51(44,45)46,23(29,26(36,37)38)52(47,48)49)18(19-39-16-17-40(19)2)21(27,24(30,31)32)50(41,42)43/h16-18H,3-15H2,1-2H3,(H,41,42,43)(H,44,45,46)(H,47,48,49). The third-order valence-electron chi connectivity index (χ3n) is 8.76. The van der Waals surface area contributed by atoms with Gasteiger partial charge in [0.05, 0.1) is 5.92 Å². The highest BCUT2D eigenvalue weighted by molar-refractivity contribution is 7.88. The van der Waals surface area contributed by atoms with Gasteiger partial charge in [-0.1, -0.05) is 84.0 Å². The second-order valence-corrected chi connectivity index (χ2v) is 16.8. The Morgan fingerprint density at radius 3 is 1.19 bits per heavy atom. The topological polar surface area (TPSA) is 181 Å². The number of rotatable bonds is 21. The molecule has 4 atom stereocenters. The molecule has 1 rings (SSSR count). The number of hydrogen-bond donors (Lipinski definition) is 3. The van der Waals surface area contributed by atoms with Gasteiger partial charge in [0, 0.05) is 19.4 Å². The largest absolute Gasteiger partial charge is 0.440 e. The third-order valence-corrected chi connectivity index (χ3v) is 12.6. The van der Waals surface area contributed by atoms with E-state index in [9.17, 15) is 78.4 Å². The van der Waals surface area contributed by atoms with E-state index in [1.165, 1.54) is 0 Å². The summed E-state index contributed by atoms with van der Waals surface area (Å²) in [5.41, 5.74) is -7.06. The van der Waals surface area contributed by atoms with Crippen molar-refractivity contribution in [2.75, 3.05) is 0 Å². The van der Waals surface area contributed by atoms with Crippen LogP contribution in [0.3, 0.4) is 0 Å². The summed E-state index contributed by atoms with van der Waals surface area (Å²) in [6.45, 7) is 1.97. The molecule has 52 heavy (non-hydrogen) atoms. The molecule has 308 valence electrons. The lowest BCUT2D eigenvalue weighted by molar-refractivity contribution is -0.320. The molecule has 0 aliphatic rings. The Morgan fingerprint density at radius 2 is 0.942 bits per heavy atom. The molecule has 0 fully saturated rings. The van der Waals surface area contributed by atoms with Crippen molar-refractivity contribution in [1.82, 2.24) is 9.55 Å². The zero-order chi connectivity index (χ0) is 41.0. The minimum Gasteiger partial charge on any atom is -0.338 e. The fraction of sp³-hybridized carbons (Fsp3) is 0.885. The van der Waals surface area contributed by atoms with Gasteiger partial charge >= 0.3 is 63.9 Å². The van der Waals surface area contributed by atoms with Crippen LogP contribution in [0.2, 0.25) is 0 Å². The average Bonchev–Trinajstić information content (AvgIpc) is 3.37. The second-order valence-electron chi connectivity index (χ2n) is 12.2. The van der Waals surface area contributed by atoms with Crippen LogP contribution in [-0.4, -0.2) is 82.0 Å². The van der Waals surface area contributed by atoms with E-state index in [1.807, 2.05) is 6.92 Å². The number of hydrogen-bond acceptors (Lipinski definition) is 7. The van der Waals surface area contributed by atoms with Crippen molar-refractivity contribution in [3.05, 3.63) is 18.2 Å². The van der Waals surface area contributed by atoms with Crippen molar-refractivity contribution in [3.63, 3.8) is 0 Å². The number of aromatic nitrogens is 2. The summed E-state index contributed by atoms with van der Waals surface area (Å²) in [4.78, 5) is 2.77. The second kappa shape index (κ2) is 16.5. The molecule has 1 aromatic heterocycles. The predicted molar refractivity (Wildman–Crippen MR) is 158 cm³/mol. The highest BCUT2D eigenvalue weighted by atomic mass is 32.2. The normalized spacial score (nSPS) is 19.3. The maximum absolute atomic E-state index is 16.9. The Morgan fingerprint density at radius 1 is 0.596 bits per heavy atom. The fourth-order valence-corrected chi connectivity index (χ4v) is 9.55. The van der Waals surface area contributed by atoms with Gasteiger partial charge < -0.3 is 4.57 Å². The van der Waals surface area contributed by atoms with Crippen molar-refractivity contribution in [2.24, 2.45) is 12.5 Å². The predicted octanol–water partition coefficient (Wildman–Crippen LogP) is 7.93. The van der Waals surface area contributed by atoms with Crippen LogP contribution in [0.25, 0.3) is 0 Å². The number of unbranched alkanes of at least 4 members (excludes halogenated alkanes) is 11. The highest BCUT2D eigenvalue weighted by Crippen LogP contribution is 2.72. The number of halogens is 12. The minimum absolute atomic E-state index is 0.0159. The lowest BCUT2D eigenvalue weighted by Gasteiger charge is -2.55. The first-order valence-electron chi connectivity index (χ1n) is 15.3. The van der Waals surface area contributed by atoms with Gasteiger partial charge in [-0.15, -0.1) is 0 Å². The maximum Gasteiger partial charge on any atom is 0.440 e. The molecular weight excluding hydrogens is 808 g/mol. The molecular formula is C26H38F12N2O9S3. The van der Waals surface area contributed by atoms with Gasteiger partial charge in [0.15, 0.2) is 0 Å². The number of nitrogens with zero attached hydrogens (tertiary/aromatic N) is 2. The van der Waals surface area contributed by atoms with Gasteiger partial charge in [0.1, 0.15) is 11.2 Å². The molecule has 3 N–H and O–H groups in total. The van der Waals surface area contributed by atoms with E-state index >= 15 is 13.2 Å². The summed E-state index contributed by atoms with van der Waals surface area (Å²) in [6, 6.07) is 0. The van der Waals surface area contributed by atoms with Crippen LogP contribution in [0, 0.1) is 5.41 Å². The Hall–Kier alpha value is -1.90. The first-order valence-corrected chi connectivity index (χ1v) is 19.7. The van der Waals surface area contributed by atoms with Gasteiger partial charge in [-0.2, -0.15) is 64.8 Å². The zero-order valence-corrected chi connectivity index (χ0v) is 29.8. The molecule has 0 aliphatic carbocycles. The smallest absolute Gasteiger partial charge is 0.338 e. The number of alkyl halides is 12. The van der Waals surface area contributed by atoms with Gasteiger partial charge in [0.25, 0.3) is 0 Å². The quantitative estimate of drug-likeness (QED) is 0.0625. The molecule has 0 aromatic carbocycles. The van der Waals surface area contributed by atoms with Crippen LogP contribution < -0.4 is 0 Å². The van der Waals surface area contributed by atoms with Crippen molar-refractivity contribution in [1.29, 1.82) is 0 Å². The SMILES string of the molecule is CCCCCCCCCCCCCCC(C(c1nccn1C)C(F)(C(F)(F)F)S(=O)(=O)O)(C(F)(C(F)(F)F)S(=O)(=O)O)C(F)(C(F)(F)F)S(=O)(=O)O. The van der Waals surface area contributed by atoms with Crippen LogP contribution in [-0.2, 0) is 37.4 Å². The summed E-state index contributed by atoms with van der Waals surface area (Å²) < 4.78 is 285. The maximum atomic E-state index is 16.9. The summed E-state index contributed by atoms with van der Waals surface area (Å²) in [6.07, 6.45) is -23.6. The summed E-state index contributed by atoms with van der Waals surface area (Å²) in [7, 11) is -24.6. The lowest BCUT2D eigenvalue weighted by Crippen LogP contribution is -2.78. The van der Waals surface area contributed by atoms with E-state index < -0.39 is 100 Å². The Kier molecular flexibility index (Phi) is 15.2. The number of imidazole rings is 1. The third kappa shape index (κ3) is 8.64. The molecule has 0 bridgehead atoms. The Bertz CT molecular complexity index is 1610. The van der Waals surface area contributed by atoms with Gasteiger partial charge in [-0.25, -0.2) is 18.2 Å². The molecule has 1 heterocycles. The van der Waals surface area contributed by atoms with Crippen molar-refractivity contribution >= 4 is 30.4 Å². The average molecular weight is 847 g/mol. The number of aryl methyl sites for hydroxylation is 1. The van der Waals surface area contributed by atoms with Crippen molar-refractivity contribution in [2.45, 2.75) is 130 Å². The zero-order valence-electron chi connectivity index (χ0n) is 27.4. The van der Waals surface area contributed by atoms with Crippen LogP contribution in [0.4, 0.5) is 52.7 Å². The molecule has 11 nitrogen and oxygen atoms in total. The highest BCUT2D eigenvalue weighted by Gasteiger charge is 2.95. The van der Waals surface area contributed by atoms with Crippen LogP contribution in [0.15, 0.2) is 12.4 Å². The molecule has 0 saturated heterocycles. The van der Waals surface area contributed by atoms with E-state index in [2.05, 4.69) is 4.98 Å². The van der Waals surface area contributed by atoms with Crippen molar-refractivity contribution < 1.29 is 91.6 Å². The molecule has 26 heteroatoms. The lowest BCUT2D eigenvalue weighted by atomic mass is 9.61. The summed E-state index contributed by atoms with van der Waals surface area (Å²) >= 11 is 0. The molecule has 0 amide bonds. The van der Waals surface area contributed by atoms with Crippen molar-refractivity contribution in [3.8, 4) is 0 Å². The summed E-state index contributed by atoms with van der Waals surface area (Å²) in [5.74, 6) is -8.30. The molecule has 0 aliphatic heterocycles. The fourth-order valence-electron chi connectivity index (χ4n) is 6.36. The van der Waals surface area contributed by atoms with Crippen LogP contribution in [0.5, 0.6) is 0 Å². The Labute approximate surface area is 291 Å². The van der Waals surface area contributed by atoms with E-state index in [1.54, 1.807) is 0 Å². The molecule has 0 radical (unpaired) electrons. The van der Waals surface area contributed by atoms with Gasteiger partial charge in [-0.3, -0.25) is 13.7 Å². The van der Waals surface area contributed by atoms with Crippen LogP contribution in [0.1, 0.15) is 102 Å². The van der Waals surface area contributed by atoms with Gasteiger partial charge in [0.2, 0.25) is 0 Å². The molecule has 0 saturated carbocycles. The molecule has 1 aromatic rings.